The smallest absolute Gasteiger partial charge is 0.350 e. The summed E-state index contributed by atoms with van der Waals surface area (Å²) in [6, 6.07) is 5.42. The van der Waals surface area contributed by atoms with Gasteiger partial charge in [0.15, 0.2) is 0 Å². The third kappa shape index (κ3) is 2.57. The zero-order valence-corrected chi connectivity index (χ0v) is 10.0. The number of esters is 1. The number of carbonyl (C=O) groups is 1. The highest BCUT2D eigenvalue weighted by atomic mass is 16.6. The van der Waals surface area contributed by atoms with Gasteiger partial charge in [-0.1, -0.05) is 12.5 Å². The Morgan fingerprint density at radius 1 is 1.29 bits per heavy atom. The molecule has 0 saturated heterocycles. The predicted molar refractivity (Wildman–Crippen MR) is 62.7 cm³/mol. The molecule has 1 aliphatic rings. The average Bonchev–Trinajstić information content (AvgIpc) is 2.40. The van der Waals surface area contributed by atoms with Crippen LogP contribution in [0.1, 0.15) is 32.1 Å². The van der Waals surface area contributed by atoms with E-state index < -0.39 is 5.60 Å². The van der Waals surface area contributed by atoms with Gasteiger partial charge in [-0.05, 0) is 31.7 Å². The second-order valence-corrected chi connectivity index (χ2v) is 4.32. The summed E-state index contributed by atoms with van der Waals surface area (Å²) in [5.41, 5.74) is -0.832. The molecule has 0 radical (unpaired) electrons. The lowest BCUT2D eigenvalue weighted by atomic mass is 9.84. The molecule has 17 heavy (non-hydrogen) atoms. The van der Waals surface area contributed by atoms with Crippen LogP contribution in [0.25, 0.3) is 0 Å². The topological polar surface area (TPSA) is 48.4 Å². The van der Waals surface area contributed by atoms with E-state index in [0.29, 0.717) is 18.7 Å². The van der Waals surface area contributed by atoms with Gasteiger partial charge in [-0.3, -0.25) is 0 Å². The van der Waals surface area contributed by atoms with Crippen molar-refractivity contribution < 1.29 is 14.3 Å². The summed E-state index contributed by atoms with van der Waals surface area (Å²) in [7, 11) is 1.40. The van der Waals surface area contributed by atoms with Gasteiger partial charge in [0.25, 0.3) is 0 Å². The third-order valence-corrected chi connectivity index (χ3v) is 3.16. The van der Waals surface area contributed by atoms with Gasteiger partial charge in [-0.2, -0.15) is 0 Å². The number of hydrogen-bond donors (Lipinski definition) is 0. The number of ether oxygens (including phenoxy) is 2. The largest absolute Gasteiger partial charge is 0.466 e. The summed E-state index contributed by atoms with van der Waals surface area (Å²) in [6.45, 7) is 0. The van der Waals surface area contributed by atoms with E-state index in [1.807, 2.05) is 12.1 Å². The summed E-state index contributed by atoms with van der Waals surface area (Å²) in [5.74, 6) is 0.197. The molecule has 1 aromatic heterocycles. The Labute approximate surface area is 101 Å². The standard InChI is InChI=1S/C13H17NO3/c1-16-12(15)13(8-4-2-5-9-13)17-11-7-3-6-10-14-11/h3,6-7,10H,2,4-5,8-9H2,1H3. The van der Waals surface area contributed by atoms with Crippen molar-refractivity contribution >= 4 is 5.97 Å². The maximum absolute atomic E-state index is 11.9. The van der Waals surface area contributed by atoms with E-state index in [0.717, 1.165) is 19.3 Å². The second kappa shape index (κ2) is 5.17. The fourth-order valence-corrected chi connectivity index (χ4v) is 2.26. The van der Waals surface area contributed by atoms with E-state index in [1.54, 1.807) is 12.3 Å². The van der Waals surface area contributed by atoms with Gasteiger partial charge in [0.2, 0.25) is 11.5 Å². The second-order valence-electron chi connectivity index (χ2n) is 4.32. The molecule has 4 heteroatoms. The monoisotopic (exact) mass is 235 g/mol. The Morgan fingerprint density at radius 2 is 2.06 bits per heavy atom. The molecule has 92 valence electrons. The van der Waals surface area contributed by atoms with Crippen LogP contribution < -0.4 is 4.74 Å². The van der Waals surface area contributed by atoms with Crippen molar-refractivity contribution in [2.75, 3.05) is 7.11 Å². The van der Waals surface area contributed by atoms with Crippen molar-refractivity contribution in [3.05, 3.63) is 24.4 Å². The molecule has 2 rings (SSSR count). The Bertz CT molecular complexity index is 372. The summed E-state index contributed by atoms with van der Waals surface area (Å²) in [4.78, 5) is 16.0. The van der Waals surface area contributed by atoms with Gasteiger partial charge in [-0.15, -0.1) is 0 Å². The molecule has 1 heterocycles. The Hall–Kier alpha value is -1.58. The van der Waals surface area contributed by atoms with E-state index in [-0.39, 0.29) is 5.97 Å². The van der Waals surface area contributed by atoms with Crippen molar-refractivity contribution in [1.29, 1.82) is 0 Å². The van der Waals surface area contributed by atoms with Gasteiger partial charge >= 0.3 is 5.97 Å². The van der Waals surface area contributed by atoms with Crippen molar-refractivity contribution in [2.45, 2.75) is 37.7 Å². The lowest BCUT2D eigenvalue weighted by Crippen LogP contribution is -2.47. The number of methoxy groups -OCH3 is 1. The van der Waals surface area contributed by atoms with E-state index in [2.05, 4.69) is 4.98 Å². The fourth-order valence-electron chi connectivity index (χ4n) is 2.26. The minimum atomic E-state index is -0.832. The number of pyridine rings is 1. The summed E-state index contributed by atoms with van der Waals surface area (Å²) >= 11 is 0. The number of hydrogen-bond acceptors (Lipinski definition) is 4. The first-order valence-corrected chi connectivity index (χ1v) is 5.95. The Morgan fingerprint density at radius 3 is 2.65 bits per heavy atom. The molecule has 1 aromatic rings. The van der Waals surface area contributed by atoms with Crippen LogP contribution in [0.3, 0.4) is 0 Å². The minimum Gasteiger partial charge on any atom is -0.466 e. The van der Waals surface area contributed by atoms with Crippen LogP contribution in [-0.2, 0) is 9.53 Å². The molecule has 1 aliphatic carbocycles. The van der Waals surface area contributed by atoms with Gasteiger partial charge in [0.05, 0.1) is 7.11 Å². The van der Waals surface area contributed by atoms with E-state index in [1.165, 1.54) is 7.11 Å². The van der Waals surface area contributed by atoms with Crippen LogP contribution in [0.2, 0.25) is 0 Å². The molecule has 0 N–H and O–H groups in total. The quantitative estimate of drug-likeness (QED) is 0.754. The molecular weight excluding hydrogens is 218 g/mol. The highest BCUT2D eigenvalue weighted by Gasteiger charge is 2.43. The molecule has 1 fully saturated rings. The Balaban J connectivity index is 2.19. The molecule has 1 saturated carbocycles. The number of carbonyl (C=O) groups excluding carboxylic acids is 1. The first-order chi connectivity index (χ1) is 8.27. The van der Waals surface area contributed by atoms with Crippen LogP contribution in [-0.4, -0.2) is 23.7 Å². The lowest BCUT2D eigenvalue weighted by molar-refractivity contribution is -0.162. The van der Waals surface area contributed by atoms with Crippen LogP contribution in [0, 0.1) is 0 Å². The number of rotatable bonds is 3. The number of nitrogens with zero attached hydrogens (tertiary/aromatic N) is 1. The van der Waals surface area contributed by atoms with Crippen LogP contribution in [0.5, 0.6) is 5.88 Å². The summed E-state index contributed by atoms with van der Waals surface area (Å²) in [5, 5.41) is 0. The minimum absolute atomic E-state index is 0.289. The molecule has 4 nitrogen and oxygen atoms in total. The lowest BCUT2D eigenvalue weighted by Gasteiger charge is -2.34. The Kier molecular flexibility index (Phi) is 3.61. The fraction of sp³-hybridized carbons (Fsp3) is 0.538. The molecule has 0 unspecified atom stereocenters. The van der Waals surface area contributed by atoms with E-state index in [4.69, 9.17) is 9.47 Å². The average molecular weight is 235 g/mol. The van der Waals surface area contributed by atoms with Crippen molar-refractivity contribution in [3.63, 3.8) is 0 Å². The van der Waals surface area contributed by atoms with Gasteiger partial charge in [0.1, 0.15) is 0 Å². The van der Waals surface area contributed by atoms with E-state index >= 15 is 0 Å². The van der Waals surface area contributed by atoms with Gasteiger partial charge in [-0.25, -0.2) is 9.78 Å². The molecular formula is C13H17NO3. The highest BCUT2D eigenvalue weighted by molar-refractivity contribution is 5.80. The van der Waals surface area contributed by atoms with E-state index in [9.17, 15) is 4.79 Å². The molecule has 0 atom stereocenters. The normalized spacial score (nSPS) is 18.4. The molecule has 0 aromatic carbocycles. The first-order valence-electron chi connectivity index (χ1n) is 5.95. The predicted octanol–water partition coefficient (Wildman–Crippen LogP) is 2.34. The van der Waals surface area contributed by atoms with Crippen molar-refractivity contribution in [2.24, 2.45) is 0 Å². The highest BCUT2D eigenvalue weighted by Crippen LogP contribution is 2.33. The van der Waals surface area contributed by atoms with Crippen LogP contribution in [0.4, 0.5) is 0 Å². The first kappa shape index (κ1) is 11.9. The maximum Gasteiger partial charge on any atom is 0.350 e. The molecule has 0 spiro atoms. The van der Waals surface area contributed by atoms with Crippen molar-refractivity contribution in [3.8, 4) is 5.88 Å². The van der Waals surface area contributed by atoms with Gasteiger partial charge < -0.3 is 9.47 Å². The molecule has 0 aliphatic heterocycles. The third-order valence-electron chi connectivity index (χ3n) is 3.16. The van der Waals surface area contributed by atoms with Crippen LogP contribution >= 0.6 is 0 Å². The molecule has 0 bridgehead atoms. The zero-order valence-electron chi connectivity index (χ0n) is 10.0. The maximum atomic E-state index is 11.9. The number of aromatic nitrogens is 1. The molecule has 0 amide bonds. The summed E-state index contributed by atoms with van der Waals surface area (Å²) in [6.07, 6.45) is 6.18. The van der Waals surface area contributed by atoms with Crippen LogP contribution in [0.15, 0.2) is 24.4 Å². The summed E-state index contributed by atoms with van der Waals surface area (Å²) < 4.78 is 10.7. The van der Waals surface area contributed by atoms with Crippen molar-refractivity contribution in [1.82, 2.24) is 4.98 Å². The SMILES string of the molecule is COC(=O)C1(Oc2ccccn2)CCCCC1. The zero-order chi connectivity index (χ0) is 12.1. The van der Waals surface area contributed by atoms with Gasteiger partial charge in [0, 0.05) is 12.3 Å².